The van der Waals surface area contributed by atoms with Crippen molar-refractivity contribution in [3.63, 3.8) is 0 Å². The fourth-order valence-electron chi connectivity index (χ4n) is 6.34. The first-order chi connectivity index (χ1) is 20.8. The monoisotopic (exact) mass is 597 g/mol. The van der Waals surface area contributed by atoms with Crippen molar-refractivity contribution in [2.75, 3.05) is 20.3 Å². The van der Waals surface area contributed by atoms with Gasteiger partial charge in [0, 0.05) is 53.1 Å². The second-order valence-corrected chi connectivity index (χ2v) is 12.5. The van der Waals surface area contributed by atoms with Crippen LogP contribution in [0.25, 0.3) is 10.9 Å². The molecule has 0 unspecified atom stereocenters. The second-order valence-electron chi connectivity index (χ2n) is 11.4. The summed E-state index contributed by atoms with van der Waals surface area (Å²) in [4.78, 5) is 51.3. The van der Waals surface area contributed by atoms with Crippen molar-refractivity contribution in [3.8, 4) is 11.5 Å². The highest BCUT2D eigenvalue weighted by atomic mass is 32.2. The van der Waals surface area contributed by atoms with Crippen molar-refractivity contribution in [2.45, 2.75) is 47.7 Å². The molecule has 43 heavy (non-hydrogen) atoms. The molecule has 4 heterocycles. The molecule has 1 aliphatic carbocycles. The third-order valence-electron chi connectivity index (χ3n) is 8.60. The van der Waals surface area contributed by atoms with Crippen LogP contribution in [0.1, 0.15) is 41.9 Å². The van der Waals surface area contributed by atoms with Crippen LogP contribution in [0.3, 0.4) is 0 Å². The number of methoxy groups -OCH3 is 1. The Bertz CT molecular complexity index is 1720. The summed E-state index contributed by atoms with van der Waals surface area (Å²) in [5.74, 6) is 0.436. The maximum atomic E-state index is 13.6. The van der Waals surface area contributed by atoms with E-state index in [0.29, 0.717) is 24.3 Å². The number of benzene rings is 2. The Morgan fingerprint density at radius 3 is 2.81 bits per heavy atom. The molecule has 10 nitrogen and oxygen atoms in total. The number of hydrogen-bond donors (Lipinski definition) is 3. The first kappa shape index (κ1) is 27.5. The van der Waals surface area contributed by atoms with E-state index < -0.39 is 6.04 Å². The number of nitrogens with one attached hydrogen (secondary N) is 3. The van der Waals surface area contributed by atoms with E-state index in [-0.39, 0.29) is 41.8 Å². The number of likely N-dealkylation sites (tertiary alicyclic amines) is 1. The number of rotatable bonds is 8. The van der Waals surface area contributed by atoms with Crippen molar-refractivity contribution >= 4 is 40.4 Å². The van der Waals surface area contributed by atoms with Gasteiger partial charge >= 0.3 is 0 Å². The molecular weight excluding hydrogens is 566 g/mol. The van der Waals surface area contributed by atoms with Crippen LogP contribution < -0.4 is 15.4 Å². The molecule has 1 saturated heterocycles. The minimum atomic E-state index is -0.652. The number of piperidine rings is 1. The predicted octanol–water partition coefficient (Wildman–Crippen LogP) is 4.43. The molecule has 220 valence electrons. The van der Waals surface area contributed by atoms with Gasteiger partial charge in [-0.2, -0.15) is 0 Å². The van der Waals surface area contributed by atoms with E-state index in [1.54, 1.807) is 48.3 Å². The number of hydrogen-bond acceptors (Lipinski definition) is 7. The molecule has 2 aromatic carbocycles. The number of aromatic nitrogens is 2. The highest BCUT2D eigenvalue weighted by Crippen LogP contribution is 2.59. The van der Waals surface area contributed by atoms with Crippen molar-refractivity contribution < 1.29 is 23.9 Å². The molecule has 7 rings (SSSR count). The van der Waals surface area contributed by atoms with Crippen molar-refractivity contribution in [1.29, 1.82) is 0 Å². The van der Waals surface area contributed by atoms with Crippen LogP contribution in [0, 0.1) is 5.41 Å². The van der Waals surface area contributed by atoms with Crippen molar-refractivity contribution in [2.24, 2.45) is 5.41 Å². The molecule has 0 radical (unpaired) electrons. The molecule has 0 bridgehead atoms. The average Bonchev–Trinajstić information content (AvgIpc) is 3.36. The summed E-state index contributed by atoms with van der Waals surface area (Å²) in [5, 5.41) is 6.80. The van der Waals surface area contributed by atoms with Gasteiger partial charge < -0.3 is 30.0 Å². The molecule has 4 atom stereocenters. The lowest BCUT2D eigenvalue weighted by atomic mass is 10.00. The molecule has 2 aromatic heterocycles. The lowest BCUT2D eigenvalue weighted by Gasteiger charge is -2.28. The van der Waals surface area contributed by atoms with Crippen LogP contribution in [0.2, 0.25) is 0 Å². The number of carbonyl (C=O) groups excluding carboxylic acids is 3. The summed E-state index contributed by atoms with van der Waals surface area (Å²) in [7, 11) is 1.64. The molecule has 0 spiro atoms. The number of aromatic amines is 1. The van der Waals surface area contributed by atoms with Gasteiger partial charge in [-0.05, 0) is 62.2 Å². The third-order valence-corrected chi connectivity index (χ3v) is 9.72. The number of H-pyrrole nitrogens is 1. The number of fused-ring (bicyclic) bond motifs is 4. The normalized spacial score (nSPS) is 22.1. The molecule has 3 N–H and O–H groups in total. The molecular formula is C32H31N5O5S. The fraction of sp³-hybridized carbons (Fsp3) is 0.312. The number of nitrogens with zero attached hydrogens (tertiary/aromatic N) is 2. The average molecular weight is 598 g/mol. The van der Waals surface area contributed by atoms with Gasteiger partial charge in [-0.25, -0.2) is 0 Å². The smallest absolute Gasteiger partial charge is 0.251 e. The zero-order valence-corrected chi connectivity index (χ0v) is 24.6. The van der Waals surface area contributed by atoms with E-state index in [2.05, 4.69) is 20.6 Å². The Labute approximate surface area is 252 Å². The van der Waals surface area contributed by atoms with Gasteiger partial charge in [0.25, 0.3) is 5.91 Å². The molecule has 3 aliphatic rings. The topological polar surface area (TPSA) is 126 Å². The molecule has 4 aromatic rings. The Morgan fingerprint density at radius 2 is 1.98 bits per heavy atom. The Morgan fingerprint density at radius 1 is 1.14 bits per heavy atom. The van der Waals surface area contributed by atoms with E-state index in [4.69, 9.17) is 9.47 Å². The Hall–Kier alpha value is -4.35. The van der Waals surface area contributed by atoms with Crippen LogP contribution >= 0.6 is 11.8 Å². The third kappa shape index (κ3) is 5.02. The molecule has 2 fully saturated rings. The standard InChI is InChI=1S/C32H31N5O5S/c1-18(22-11-20-15-33-10-9-21(20)36-22)35-31(40)23-13-32(17-41-2)14-28(32)37(23)29(38)16-34-30(39)19-7-8-27-25(12-19)42-24-5-3-4-6-26(24)43-27/h3-12,15,18,23,28,36H,13-14,16-17H2,1-2H3,(H,34,39)(H,35,40)/t18-,23+,28+,32-/m1/s1. The number of para-hydroxylation sites is 1. The number of carbonyl (C=O) groups is 3. The minimum Gasteiger partial charge on any atom is -0.455 e. The predicted molar refractivity (Wildman–Crippen MR) is 160 cm³/mol. The van der Waals surface area contributed by atoms with Crippen LogP contribution in [0.15, 0.2) is 76.8 Å². The second kappa shape index (κ2) is 10.7. The number of pyridine rings is 1. The zero-order chi connectivity index (χ0) is 29.7. The van der Waals surface area contributed by atoms with Gasteiger partial charge in [0.15, 0.2) is 0 Å². The largest absolute Gasteiger partial charge is 0.455 e. The van der Waals surface area contributed by atoms with Gasteiger partial charge in [0.1, 0.15) is 17.5 Å². The van der Waals surface area contributed by atoms with Crippen LogP contribution in [-0.2, 0) is 14.3 Å². The molecule has 2 aliphatic heterocycles. The molecule has 3 amide bonds. The van der Waals surface area contributed by atoms with Crippen LogP contribution in [0.4, 0.5) is 0 Å². The van der Waals surface area contributed by atoms with E-state index in [9.17, 15) is 14.4 Å². The first-order valence-corrected chi connectivity index (χ1v) is 15.1. The zero-order valence-electron chi connectivity index (χ0n) is 23.8. The van der Waals surface area contributed by atoms with E-state index in [0.717, 1.165) is 38.6 Å². The fourth-order valence-corrected chi connectivity index (χ4v) is 7.27. The SMILES string of the molecule is COC[C@@]12C[C@@H]1N(C(=O)CNC(=O)c1ccc3c(c1)Oc1ccccc1S3)[C@H](C(=O)N[C@H](C)c1cc3cnccc3[nH]1)C2. The summed E-state index contributed by atoms with van der Waals surface area (Å²) in [6.45, 7) is 2.16. The van der Waals surface area contributed by atoms with E-state index in [1.165, 1.54) is 0 Å². The quantitative estimate of drug-likeness (QED) is 0.242. The minimum absolute atomic E-state index is 0.101. The van der Waals surface area contributed by atoms with Gasteiger partial charge in [0.05, 0.1) is 29.0 Å². The van der Waals surface area contributed by atoms with Gasteiger partial charge in [0.2, 0.25) is 11.8 Å². The highest BCUT2D eigenvalue weighted by Gasteiger charge is 2.67. The lowest BCUT2D eigenvalue weighted by Crippen LogP contribution is -2.51. The molecule has 11 heteroatoms. The van der Waals surface area contributed by atoms with Crippen LogP contribution in [0.5, 0.6) is 11.5 Å². The maximum Gasteiger partial charge on any atom is 0.251 e. The summed E-state index contributed by atoms with van der Waals surface area (Å²) >= 11 is 1.58. The first-order valence-electron chi connectivity index (χ1n) is 14.3. The van der Waals surface area contributed by atoms with Gasteiger partial charge in [-0.1, -0.05) is 23.9 Å². The van der Waals surface area contributed by atoms with E-state index in [1.807, 2.05) is 49.4 Å². The maximum absolute atomic E-state index is 13.6. The molecule has 1 saturated carbocycles. The van der Waals surface area contributed by atoms with Crippen LogP contribution in [-0.4, -0.2) is 64.9 Å². The van der Waals surface area contributed by atoms with Gasteiger partial charge in [-0.15, -0.1) is 0 Å². The Balaban J connectivity index is 1.02. The van der Waals surface area contributed by atoms with Gasteiger partial charge in [-0.3, -0.25) is 19.4 Å². The highest BCUT2D eigenvalue weighted by molar-refractivity contribution is 7.99. The summed E-state index contributed by atoms with van der Waals surface area (Å²) in [5.41, 5.74) is 1.95. The Kier molecular flexibility index (Phi) is 6.86. The number of amides is 3. The number of ether oxygens (including phenoxy) is 2. The summed E-state index contributed by atoms with van der Waals surface area (Å²) in [6.07, 6.45) is 4.77. The van der Waals surface area contributed by atoms with E-state index >= 15 is 0 Å². The summed E-state index contributed by atoms with van der Waals surface area (Å²) < 4.78 is 11.5. The van der Waals surface area contributed by atoms with Crippen molar-refractivity contribution in [1.82, 2.24) is 25.5 Å². The lowest BCUT2D eigenvalue weighted by molar-refractivity contribution is -0.139. The van der Waals surface area contributed by atoms with Crippen molar-refractivity contribution in [3.05, 3.63) is 78.2 Å². The summed E-state index contributed by atoms with van der Waals surface area (Å²) in [6, 6.07) is 15.8.